The molecule has 2 aromatic rings. The predicted molar refractivity (Wildman–Crippen MR) is 119 cm³/mol. The number of amides is 1. The summed E-state index contributed by atoms with van der Waals surface area (Å²) in [6.45, 7) is 0. The van der Waals surface area contributed by atoms with E-state index in [1.54, 1.807) is 12.1 Å². The third-order valence-corrected chi connectivity index (χ3v) is 6.49. The van der Waals surface area contributed by atoms with Gasteiger partial charge in [0, 0.05) is 10.9 Å². The van der Waals surface area contributed by atoms with Gasteiger partial charge in [-0.1, -0.05) is 52.0 Å². The fourth-order valence-corrected chi connectivity index (χ4v) is 4.83. The molecule has 30 heavy (non-hydrogen) atoms. The van der Waals surface area contributed by atoms with Crippen LogP contribution in [-0.4, -0.2) is 45.2 Å². The number of halogens is 1. The molecule has 2 aromatic carbocycles. The number of methoxy groups -OCH3 is 1. The maximum Gasteiger partial charge on any atom is 0.305 e. The highest BCUT2D eigenvalue weighted by atomic mass is 79.9. The number of ether oxygens (including phenoxy) is 1. The van der Waals surface area contributed by atoms with E-state index in [1.807, 2.05) is 48.5 Å². The summed E-state index contributed by atoms with van der Waals surface area (Å²) in [7, 11) is 1.61. The standard InChI is InChI=1S/C21H18BrN3O4S/c1-29-15-7-5-12(6-8-15)17-10-16(13-3-2-4-14(22)9-13)24-25(17)21-23-20(28)18(30-21)11-19(26)27/h2-9,17-18H,10-11H2,1H3,(H,26,27). The van der Waals surface area contributed by atoms with E-state index in [1.165, 1.54) is 0 Å². The molecule has 2 atom stereocenters. The molecule has 0 fully saturated rings. The van der Waals surface area contributed by atoms with Gasteiger partial charge in [0.05, 0.1) is 25.3 Å². The molecule has 0 saturated carbocycles. The van der Waals surface area contributed by atoms with E-state index in [-0.39, 0.29) is 12.5 Å². The number of hydrazone groups is 1. The second-order valence-electron chi connectivity index (χ2n) is 6.83. The number of rotatable bonds is 5. The fraction of sp³-hybridized carbons (Fsp3) is 0.238. The molecular formula is C21H18BrN3O4S. The lowest BCUT2D eigenvalue weighted by Crippen LogP contribution is -2.24. The predicted octanol–water partition coefficient (Wildman–Crippen LogP) is 4.08. The van der Waals surface area contributed by atoms with Gasteiger partial charge in [-0.2, -0.15) is 10.1 Å². The zero-order valence-corrected chi connectivity index (χ0v) is 18.4. The van der Waals surface area contributed by atoms with Crippen LogP contribution in [0.1, 0.15) is 30.0 Å². The molecule has 0 bridgehead atoms. The molecule has 0 spiro atoms. The Hall–Kier alpha value is -2.65. The van der Waals surface area contributed by atoms with Gasteiger partial charge in [-0.15, -0.1) is 0 Å². The molecule has 2 aliphatic rings. The molecule has 1 amide bonds. The number of carbonyl (C=O) groups excluding carboxylic acids is 1. The summed E-state index contributed by atoms with van der Waals surface area (Å²) < 4.78 is 6.20. The zero-order chi connectivity index (χ0) is 21.3. The van der Waals surface area contributed by atoms with Gasteiger partial charge >= 0.3 is 5.97 Å². The van der Waals surface area contributed by atoms with Gasteiger partial charge in [-0.05, 0) is 35.4 Å². The summed E-state index contributed by atoms with van der Waals surface area (Å²) in [5.74, 6) is -0.707. The maximum atomic E-state index is 12.2. The lowest BCUT2D eigenvalue weighted by atomic mass is 9.98. The number of hydrogen-bond donors (Lipinski definition) is 1. The maximum absolute atomic E-state index is 12.2. The highest BCUT2D eigenvalue weighted by molar-refractivity contribution is 9.10. The molecule has 2 aliphatic heterocycles. The SMILES string of the molecule is COc1ccc(C2CC(c3cccc(Br)c3)=NN2C2=NC(=O)C(CC(=O)O)S2)cc1. The minimum Gasteiger partial charge on any atom is -0.497 e. The van der Waals surface area contributed by atoms with E-state index in [2.05, 4.69) is 20.9 Å². The van der Waals surface area contributed by atoms with Crippen LogP contribution in [-0.2, 0) is 9.59 Å². The first-order valence-corrected chi connectivity index (χ1v) is 10.9. The highest BCUT2D eigenvalue weighted by Gasteiger charge is 2.39. The van der Waals surface area contributed by atoms with Crippen LogP contribution in [0.15, 0.2) is 63.1 Å². The zero-order valence-electron chi connectivity index (χ0n) is 16.0. The molecule has 9 heteroatoms. The van der Waals surface area contributed by atoms with Crippen molar-refractivity contribution in [2.45, 2.75) is 24.1 Å². The van der Waals surface area contributed by atoms with Crippen LogP contribution in [0, 0.1) is 0 Å². The summed E-state index contributed by atoms with van der Waals surface area (Å²) in [6, 6.07) is 15.4. The summed E-state index contributed by atoms with van der Waals surface area (Å²) in [5.41, 5.74) is 2.85. The number of thioether (sulfide) groups is 1. The lowest BCUT2D eigenvalue weighted by Gasteiger charge is -2.23. The Kier molecular flexibility index (Phi) is 5.92. The van der Waals surface area contributed by atoms with E-state index in [4.69, 9.17) is 14.9 Å². The van der Waals surface area contributed by atoms with Gasteiger partial charge < -0.3 is 9.84 Å². The summed E-state index contributed by atoms with van der Waals surface area (Å²) in [6.07, 6.45) is 0.361. The number of aliphatic carboxylic acids is 1. The molecule has 154 valence electrons. The van der Waals surface area contributed by atoms with Crippen molar-refractivity contribution in [2.24, 2.45) is 10.1 Å². The van der Waals surface area contributed by atoms with Gasteiger partial charge in [0.15, 0.2) is 5.17 Å². The van der Waals surface area contributed by atoms with Crippen LogP contribution in [0.3, 0.4) is 0 Å². The van der Waals surface area contributed by atoms with Gasteiger partial charge in [0.1, 0.15) is 11.0 Å². The molecule has 7 nitrogen and oxygen atoms in total. The normalized spacial score (nSPS) is 20.9. The Bertz CT molecular complexity index is 1050. The van der Waals surface area contributed by atoms with Crippen LogP contribution in [0.2, 0.25) is 0 Å². The van der Waals surface area contributed by atoms with Crippen LogP contribution in [0.5, 0.6) is 5.75 Å². The number of hydrogen-bond acceptors (Lipinski definition) is 6. The molecule has 1 N–H and O–H groups in total. The Morgan fingerprint density at radius 1 is 1.30 bits per heavy atom. The average molecular weight is 488 g/mol. The van der Waals surface area contributed by atoms with Crippen molar-refractivity contribution in [3.63, 3.8) is 0 Å². The summed E-state index contributed by atoms with van der Waals surface area (Å²) in [4.78, 5) is 27.4. The summed E-state index contributed by atoms with van der Waals surface area (Å²) >= 11 is 4.65. The second kappa shape index (κ2) is 8.61. The van der Waals surface area contributed by atoms with E-state index in [0.29, 0.717) is 11.6 Å². The first-order chi connectivity index (χ1) is 14.4. The third-order valence-electron chi connectivity index (χ3n) is 4.85. The number of nitrogens with zero attached hydrogens (tertiary/aromatic N) is 3. The number of carbonyl (C=O) groups is 2. The van der Waals surface area contributed by atoms with E-state index >= 15 is 0 Å². The molecular weight excluding hydrogens is 470 g/mol. The van der Waals surface area contributed by atoms with Crippen molar-refractivity contribution >= 4 is 50.4 Å². The Balaban J connectivity index is 1.67. The van der Waals surface area contributed by atoms with Crippen molar-refractivity contribution in [2.75, 3.05) is 7.11 Å². The van der Waals surface area contributed by atoms with Gasteiger partial charge in [-0.3, -0.25) is 9.59 Å². The topological polar surface area (TPSA) is 91.6 Å². The van der Waals surface area contributed by atoms with Crippen molar-refractivity contribution in [3.8, 4) is 5.75 Å². The Labute approximate surface area is 186 Å². The minimum absolute atomic E-state index is 0.160. The number of aliphatic imine (C=N–C) groups is 1. The number of amidine groups is 1. The Morgan fingerprint density at radius 3 is 2.73 bits per heavy atom. The monoisotopic (exact) mass is 487 g/mol. The minimum atomic E-state index is -1.02. The van der Waals surface area contributed by atoms with E-state index in [9.17, 15) is 9.59 Å². The van der Waals surface area contributed by atoms with Gasteiger partial charge in [0.25, 0.3) is 5.91 Å². The Morgan fingerprint density at radius 2 is 2.07 bits per heavy atom. The molecule has 2 unspecified atom stereocenters. The second-order valence-corrected chi connectivity index (χ2v) is 8.92. The van der Waals surface area contributed by atoms with Gasteiger partial charge in [-0.25, -0.2) is 5.01 Å². The van der Waals surface area contributed by atoms with Gasteiger partial charge in [0.2, 0.25) is 0 Å². The molecule has 0 radical (unpaired) electrons. The van der Waals surface area contributed by atoms with Crippen molar-refractivity contribution < 1.29 is 19.4 Å². The quantitative estimate of drug-likeness (QED) is 0.682. The summed E-state index contributed by atoms with van der Waals surface area (Å²) in [5, 5.41) is 15.3. The lowest BCUT2D eigenvalue weighted by molar-refractivity contribution is -0.138. The first-order valence-electron chi connectivity index (χ1n) is 9.22. The van der Waals surface area contributed by atoms with Crippen molar-refractivity contribution in [1.82, 2.24) is 5.01 Å². The van der Waals surface area contributed by atoms with E-state index in [0.717, 1.165) is 38.8 Å². The largest absolute Gasteiger partial charge is 0.497 e. The smallest absolute Gasteiger partial charge is 0.305 e. The van der Waals surface area contributed by atoms with Crippen LogP contribution >= 0.6 is 27.7 Å². The van der Waals surface area contributed by atoms with Crippen molar-refractivity contribution in [3.05, 3.63) is 64.1 Å². The van der Waals surface area contributed by atoms with Crippen LogP contribution in [0.4, 0.5) is 0 Å². The first kappa shape index (κ1) is 20.6. The molecule has 0 aromatic heterocycles. The number of benzene rings is 2. The average Bonchev–Trinajstić information content (AvgIpc) is 3.32. The van der Waals surface area contributed by atoms with Crippen LogP contribution in [0.25, 0.3) is 0 Å². The van der Waals surface area contributed by atoms with Crippen molar-refractivity contribution in [1.29, 1.82) is 0 Å². The highest BCUT2D eigenvalue weighted by Crippen LogP contribution is 2.39. The third kappa shape index (κ3) is 4.27. The van der Waals surface area contributed by atoms with E-state index < -0.39 is 17.1 Å². The fourth-order valence-electron chi connectivity index (χ4n) is 3.38. The molecule has 4 rings (SSSR count). The molecule has 0 aliphatic carbocycles. The number of carboxylic acid groups (broad SMARTS) is 1. The molecule has 2 heterocycles. The van der Waals surface area contributed by atoms with Crippen LogP contribution < -0.4 is 4.74 Å². The number of carboxylic acids is 1. The molecule has 0 saturated heterocycles.